The Hall–Kier alpha value is -0.650. The van der Waals surface area contributed by atoms with Gasteiger partial charge in [0.2, 0.25) is 0 Å². The van der Waals surface area contributed by atoms with Gasteiger partial charge >= 0.3 is 0 Å². The molecule has 1 aromatic heterocycles. The van der Waals surface area contributed by atoms with Crippen LogP contribution in [0.3, 0.4) is 0 Å². The standard InChI is InChI=1S/C11H4Br2ClFO2/c12-6-3-7(13)11(15)10(14)9(6)8-2-1-5(4-16)17-8/h1-4H. The van der Waals surface area contributed by atoms with E-state index < -0.39 is 5.82 Å². The number of carbonyl (C=O) groups is 1. The van der Waals surface area contributed by atoms with E-state index in [9.17, 15) is 9.18 Å². The van der Waals surface area contributed by atoms with E-state index in [1.54, 1.807) is 6.07 Å². The van der Waals surface area contributed by atoms with E-state index in [0.717, 1.165) is 0 Å². The quantitative estimate of drug-likeness (QED) is 0.412. The Morgan fingerprint density at radius 1 is 1.29 bits per heavy atom. The molecule has 17 heavy (non-hydrogen) atoms. The lowest BCUT2D eigenvalue weighted by Gasteiger charge is -2.06. The molecule has 0 amide bonds. The molecule has 2 aromatic rings. The highest BCUT2D eigenvalue weighted by Crippen LogP contribution is 2.40. The number of carbonyl (C=O) groups excluding carboxylic acids is 1. The summed E-state index contributed by atoms with van der Waals surface area (Å²) in [5, 5.41) is -0.0713. The lowest BCUT2D eigenvalue weighted by Crippen LogP contribution is -1.87. The van der Waals surface area contributed by atoms with Crippen LogP contribution in [-0.4, -0.2) is 6.29 Å². The van der Waals surface area contributed by atoms with E-state index in [0.29, 0.717) is 22.1 Å². The van der Waals surface area contributed by atoms with Crippen LogP contribution in [0.1, 0.15) is 10.6 Å². The predicted octanol–water partition coefficient (Wildman–Crippen LogP) is 5.08. The van der Waals surface area contributed by atoms with Gasteiger partial charge in [-0.15, -0.1) is 0 Å². The minimum absolute atomic E-state index is 0.0713. The van der Waals surface area contributed by atoms with Crippen LogP contribution < -0.4 is 0 Å². The summed E-state index contributed by atoms with van der Waals surface area (Å²) >= 11 is 12.2. The molecule has 0 spiro atoms. The van der Waals surface area contributed by atoms with Gasteiger partial charge in [-0.1, -0.05) is 11.6 Å². The van der Waals surface area contributed by atoms with Gasteiger partial charge < -0.3 is 4.42 Å². The molecule has 1 aromatic carbocycles. The summed E-state index contributed by atoms with van der Waals surface area (Å²) in [5.74, 6) is -0.0874. The number of halogens is 4. The highest BCUT2D eigenvalue weighted by atomic mass is 79.9. The number of furan rings is 1. The first-order valence-corrected chi connectivity index (χ1v) is 6.39. The smallest absolute Gasteiger partial charge is 0.185 e. The van der Waals surface area contributed by atoms with Gasteiger partial charge in [0.25, 0.3) is 0 Å². The van der Waals surface area contributed by atoms with Gasteiger partial charge in [0.15, 0.2) is 17.9 Å². The van der Waals surface area contributed by atoms with Crippen molar-refractivity contribution in [2.45, 2.75) is 0 Å². The molecule has 6 heteroatoms. The van der Waals surface area contributed by atoms with E-state index in [2.05, 4.69) is 31.9 Å². The lowest BCUT2D eigenvalue weighted by atomic mass is 10.1. The largest absolute Gasteiger partial charge is 0.453 e. The predicted molar refractivity (Wildman–Crippen MR) is 69.9 cm³/mol. The molecular formula is C11H4Br2ClFO2. The van der Waals surface area contributed by atoms with E-state index in [4.69, 9.17) is 16.0 Å². The van der Waals surface area contributed by atoms with Gasteiger partial charge in [-0.05, 0) is 50.1 Å². The molecule has 0 N–H and O–H groups in total. The van der Waals surface area contributed by atoms with E-state index in [-0.39, 0.29) is 15.3 Å². The molecule has 0 bridgehead atoms. The van der Waals surface area contributed by atoms with Crippen LogP contribution in [0, 0.1) is 5.82 Å². The van der Waals surface area contributed by atoms with Crippen molar-refractivity contribution in [2.75, 3.05) is 0 Å². The molecule has 2 nitrogen and oxygen atoms in total. The zero-order valence-corrected chi connectivity index (χ0v) is 12.1. The number of rotatable bonds is 2. The third-order valence-electron chi connectivity index (χ3n) is 2.10. The molecule has 0 aliphatic heterocycles. The highest BCUT2D eigenvalue weighted by molar-refractivity contribution is 9.11. The van der Waals surface area contributed by atoms with Crippen molar-refractivity contribution in [3.63, 3.8) is 0 Å². The Balaban J connectivity index is 2.66. The number of hydrogen-bond acceptors (Lipinski definition) is 2. The van der Waals surface area contributed by atoms with Crippen molar-refractivity contribution in [3.05, 3.63) is 43.7 Å². The zero-order chi connectivity index (χ0) is 12.6. The Morgan fingerprint density at radius 2 is 2.00 bits per heavy atom. The fourth-order valence-electron chi connectivity index (χ4n) is 1.34. The van der Waals surface area contributed by atoms with Crippen molar-refractivity contribution in [1.82, 2.24) is 0 Å². The molecule has 0 saturated carbocycles. The van der Waals surface area contributed by atoms with Crippen molar-refractivity contribution in [2.24, 2.45) is 0 Å². The summed E-state index contributed by atoms with van der Waals surface area (Å²) in [6.07, 6.45) is 0.570. The van der Waals surface area contributed by atoms with Crippen LogP contribution in [0.4, 0.5) is 4.39 Å². The molecule has 0 radical (unpaired) electrons. The number of hydrogen-bond donors (Lipinski definition) is 0. The third kappa shape index (κ3) is 2.32. The minimum Gasteiger partial charge on any atom is -0.453 e. The maximum atomic E-state index is 13.6. The molecule has 0 atom stereocenters. The molecule has 88 valence electrons. The van der Waals surface area contributed by atoms with Gasteiger partial charge in [-0.2, -0.15) is 0 Å². The Kier molecular flexibility index (Phi) is 3.70. The number of benzene rings is 1. The van der Waals surface area contributed by atoms with E-state index >= 15 is 0 Å². The Morgan fingerprint density at radius 3 is 2.59 bits per heavy atom. The molecule has 2 rings (SSSR count). The third-order valence-corrected chi connectivity index (χ3v) is 3.66. The van der Waals surface area contributed by atoms with Crippen LogP contribution in [-0.2, 0) is 0 Å². The van der Waals surface area contributed by atoms with Gasteiger partial charge in [0, 0.05) is 4.47 Å². The summed E-state index contributed by atoms with van der Waals surface area (Å²) in [5.41, 5.74) is 0.375. The first kappa shape index (κ1) is 12.8. The second-order valence-electron chi connectivity index (χ2n) is 3.16. The van der Waals surface area contributed by atoms with Crippen LogP contribution in [0.5, 0.6) is 0 Å². The molecule has 0 aliphatic carbocycles. The second-order valence-corrected chi connectivity index (χ2v) is 5.25. The molecular weight excluding hydrogens is 378 g/mol. The van der Waals surface area contributed by atoms with Gasteiger partial charge in [0.1, 0.15) is 5.76 Å². The van der Waals surface area contributed by atoms with Crippen molar-refractivity contribution in [3.8, 4) is 11.3 Å². The molecule has 0 saturated heterocycles. The van der Waals surface area contributed by atoms with Gasteiger partial charge in [-0.25, -0.2) is 4.39 Å². The average molecular weight is 382 g/mol. The van der Waals surface area contributed by atoms with Crippen LogP contribution in [0.15, 0.2) is 31.6 Å². The van der Waals surface area contributed by atoms with E-state index in [1.807, 2.05) is 0 Å². The topological polar surface area (TPSA) is 30.2 Å². The molecule has 0 fully saturated rings. The van der Waals surface area contributed by atoms with Crippen LogP contribution >= 0.6 is 43.5 Å². The first-order valence-electron chi connectivity index (χ1n) is 4.43. The summed E-state index contributed by atoms with van der Waals surface area (Å²) in [6.45, 7) is 0. The fraction of sp³-hybridized carbons (Fsp3) is 0. The maximum Gasteiger partial charge on any atom is 0.185 e. The van der Waals surface area contributed by atoms with Crippen molar-refractivity contribution in [1.29, 1.82) is 0 Å². The lowest BCUT2D eigenvalue weighted by molar-refractivity contribution is 0.110. The van der Waals surface area contributed by atoms with Crippen molar-refractivity contribution < 1.29 is 13.6 Å². The number of aldehydes is 1. The monoisotopic (exact) mass is 380 g/mol. The normalized spacial score (nSPS) is 10.6. The fourth-order valence-corrected chi connectivity index (χ4v) is 3.22. The molecule has 0 aliphatic rings. The summed E-state index contributed by atoms with van der Waals surface area (Å²) in [4.78, 5) is 10.5. The van der Waals surface area contributed by atoms with Gasteiger partial charge in [-0.3, -0.25) is 4.79 Å². The molecule has 1 heterocycles. The van der Waals surface area contributed by atoms with Crippen LogP contribution in [0.2, 0.25) is 5.02 Å². The minimum atomic E-state index is -0.575. The second kappa shape index (κ2) is 4.92. The Bertz CT molecular complexity index is 595. The summed E-state index contributed by atoms with van der Waals surface area (Å²) in [7, 11) is 0. The maximum absolute atomic E-state index is 13.6. The van der Waals surface area contributed by atoms with Crippen LogP contribution in [0.25, 0.3) is 11.3 Å². The zero-order valence-electron chi connectivity index (χ0n) is 8.14. The first-order chi connectivity index (χ1) is 8.04. The summed E-state index contributed by atoms with van der Waals surface area (Å²) in [6, 6.07) is 4.58. The summed E-state index contributed by atoms with van der Waals surface area (Å²) < 4.78 is 19.7. The van der Waals surface area contributed by atoms with Gasteiger partial charge in [0.05, 0.1) is 15.1 Å². The highest BCUT2D eigenvalue weighted by Gasteiger charge is 2.18. The average Bonchev–Trinajstić information content (AvgIpc) is 2.74. The Labute approximate surface area is 118 Å². The van der Waals surface area contributed by atoms with Crippen molar-refractivity contribution >= 4 is 49.7 Å². The molecule has 0 unspecified atom stereocenters. The SMILES string of the molecule is O=Cc1ccc(-c2c(Br)cc(Br)c(F)c2Cl)o1. The van der Waals surface area contributed by atoms with E-state index in [1.165, 1.54) is 12.1 Å².